The molecule has 1 aliphatic heterocycles. The molecule has 1 aromatic carbocycles. The number of methoxy groups -OCH3 is 1. The summed E-state index contributed by atoms with van der Waals surface area (Å²) in [6.07, 6.45) is 2.65. The van der Waals surface area contributed by atoms with Gasteiger partial charge in [-0.2, -0.15) is 0 Å². The van der Waals surface area contributed by atoms with E-state index in [0.717, 1.165) is 36.3 Å². The van der Waals surface area contributed by atoms with E-state index in [1.807, 2.05) is 24.0 Å². The fourth-order valence-corrected chi connectivity index (χ4v) is 5.59. The number of rotatable bonds is 4. The fraction of sp³-hybridized carbons (Fsp3) is 0.476. The van der Waals surface area contributed by atoms with Gasteiger partial charge in [-0.3, -0.25) is 9.59 Å². The number of carboxylic acid groups (broad SMARTS) is 1. The number of piperidine rings is 1. The minimum atomic E-state index is -0.767. The molecule has 28 heavy (non-hydrogen) atoms. The normalized spacial score (nSPS) is 20.2. The predicted molar refractivity (Wildman–Crippen MR) is 106 cm³/mol. The van der Waals surface area contributed by atoms with Gasteiger partial charge in [0, 0.05) is 13.1 Å². The van der Waals surface area contributed by atoms with Crippen LogP contribution in [0.3, 0.4) is 0 Å². The van der Waals surface area contributed by atoms with Crippen LogP contribution in [0, 0.1) is 6.92 Å². The molecule has 1 spiro atoms. The highest BCUT2D eigenvalue weighted by atomic mass is 32.1. The summed E-state index contributed by atoms with van der Waals surface area (Å²) in [5, 5.41) is 9.35. The maximum absolute atomic E-state index is 12.8. The van der Waals surface area contributed by atoms with Gasteiger partial charge in [0.05, 0.1) is 24.7 Å². The first-order valence-electron chi connectivity index (χ1n) is 9.53. The van der Waals surface area contributed by atoms with E-state index in [1.165, 1.54) is 16.9 Å². The van der Waals surface area contributed by atoms with Gasteiger partial charge < -0.3 is 14.7 Å². The molecule has 2 aromatic rings. The molecule has 1 fully saturated rings. The van der Waals surface area contributed by atoms with Crippen LogP contribution in [0.1, 0.15) is 58.1 Å². The van der Waals surface area contributed by atoms with Crippen molar-refractivity contribution in [3.05, 3.63) is 45.4 Å². The van der Waals surface area contributed by atoms with Crippen LogP contribution in [0.5, 0.6) is 5.75 Å². The topological polar surface area (TPSA) is 79.7 Å². The Bertz CT molecular complexity index is 915. The van der Waals surface area contributed by atoms with E-state index < -0.39 is 5.97 Å². The minimum absolute atomic E-state index is 0.0180. The first kappa shape index (κ1) is 18.9. The summed E-state index contributed by atoms with van der Waals surface area (Å²) in [6.45, 7) is 3.21. The predicted octanol–water partition coefficient (Wildman–Crippen LogP) is 3.60. The number of aryl methyl sites for hydroxylation is 1. The Morgan fingerprint density at radius 1 is 1.36 bits per heavy atom. The van der Waals surface area contributed by atoms with Crippen LogP contribution < -0.4 is 4.74 Å². The molecule has 1 saturated heterocycles. The lowest BCUT2D eigenvalue weighted by Gasteiger charge is -2.40. The molecule has 1 N–H and O–H groups in total. The maximum atomic E-state index is 12.8. The van der Waals surface area contributed by atoms with E-state index in [0.29, 0.717) is 18.0 Å². The van der Waals surface area contributed by atoms with Crippen LogP contribution in [0.4, 0.5) is 0 Å². The molecule has 4 rings (SSSR count). The molecule has 2 aliphatic rings. The number of hydrogen-bond acceptors (Lipinski definition) is 5. The fourth-order valence-electron chi connectivity index (χ4n) is 4.82. The molecule has 148 valence electrons. The molecule has 1 aliphatic carbocycles. The zero-order valence-corrected chi connectivity index (χ0v) is 16.9. The van der Waals surface area contributed by atoms with Crippen molar-refractivity contribution in [1.82, 2.24) is 9.88 Å². The van der Waals surface area contributed by atoms with Gasteiger partial charge in [-0.15, -0.1) is 11.3 Å². The number of fused-ring (bicyclic) bond motifs is 2. The van der Waals surface area contributed by atoms with E-state index in [2.05, 4.69) is 11.1 Å². The van der Waals surface area contributed by atoms with Crippen molar-refractivity contribution < 1.29 is 19.4 Å². The van der Waals surface area contributed by atoms with Gasteiger partial charge in [0.2, 0.25) is 0 Å². The number of thiazole rings is 1. The zero-order valence-electron chi connectivity index (χ0n) is 16.1. The number of aromatic nitrogens is 1. The Morgan fingerprint density at radius 2 is 2.11 bits per heavy atom. The molecule has 6 nitrogen and oxygen atoms in total. The van der Waals surface area contributed by atoms with Crippen LogP contribution in [0.15, 0.2) is 23.7 Å². The Kier molecular flexibility index (Phi) is 4.87. The summed E-state index contributed by atoms with van der Waals surface area (Å²) in [5.74, 6) is 0.107. The standard InChI is InChI=1S/C21H24N2O4S/c1-13-19(28-12-22-13)20(26)23-7-5-21(6-8-23)11-14(9-18(24)25)16-4-3-15(27-2)10-17(16)21/h3-4,10,12,14H,5-9,11H2,1-2H3,(H,24,25)/t14-/m1/s1. The van der Waals surface area contributed by atoms with Crippen molar-refractivity contribution >= 4 is 23.2 Å². The SMILES string of the molecule is COc1ccc2c(c1)C1(CCN(C(=O)c3scnc3C)CC1)C[C@H]2CC(=O)O. The molecule has 1 atom stereocenters. The summed E-state index contributed by atoms with van der Waals surface area (Å²) < 4.78 is 5.42. The van der Waals surface area contributed by atoms with Crippen LogP contribution in [0.25, 0.3) is 0 Å². The monoisotopic (exact) mass is 400 g/mol. The molecule has 7 heteroatoms. The molecule has 0 radical (unpaired) electrons. The van der Waals surface area contributed by atoms with E-state index in [4.69, 9.17) is 4.74 Å². The van der Waals surface area contributed by atoms with E-state index in [9.17, 15) is 14.7 Å². The summed E-state index contributed by atoms with van der Waals surface area (Å²) >= 11 is 1.39. The molecule has 0 unspecified atom stereocenters. The van der Waals surface area contributed by atoms with Gasteiger partial charge in [0.25, 0.3) is 5.91 Å². The number of carboxylic acids is 1. The van der Waals surface area contributed by atoms with Gasteiger partial charge >= 0.3 is 5.97 Å². The van der Waals surface area contributed by atoms with E-state index in [1.54, 1.807) is 12.6 Å². The minimum Gasteiger partial charge on any atom is -0.497 e. The number of aliphatic carboxylic acids is 1. The van der Waals surface area contributed by atoms with Crippen LogP contribution in [0.2, 0.25) is 0 Å². The van der Waals surface area contributed by atoms with Crippen molar-refractivity contribution in [2.45, 2.75) is 43.9 Å². The van der Waals surface area contributed by atoms with Gasteiger partial charge in [0.1, 0.15) is 10.6 Å². The van der Waals surface area contributed by atoms with Crippen molar-refractivity contribution in [2.24, 2.45) is 0 Å². The highest BCUT2D eigenvalue weighted by molar-refractivity contribution is 7.11. The second-order valence-electron chi connectivity index (χ2n) is 7.79. The Balaban J connectivity index is 1.58. The smallest absolute Gasteiger partial charge is 0.303 e. The van der Waals surface area contributed by atoms with Crippen LogP contribution in [-0.4, -0.2) is 47.1 Å². The quantitative estimate of drug-likeness (QED) is 0.848. The van der Waals surface area contributed by atoms with Crippen LogP contribution >= 0.6 is 11.3 Å². The second-order valence-corrected chi connectivity index (χ2v) is 8.65. The number of carbonyl (C=O) groups excluding carboxylic acids is 1. The summed E-state index contributed by atoms with van der Waals surface area (Å²) in [5.41, 5.74) is 4.75. The third-order valence-electron chi connectivity index (χ3n) is 6.28. The van der Waals surface area contributed by atoms with Crippen LogP contribution in [-0.2, 0) is 10.2 Å². The highest BCUT2D eigenvalue weighted by Crippen LogP contribution is 2.53. The Labute approximate surface area is 168 Å². The molecular weight excluding hydrogens is 376 g/mol. The molecule has 1 amide bonds. The van der Waals surface area contributed by atoms with Gasteiger partial charge in [-0.25, -0.2) is 4.98 Å². The molecule has 1 aromatic heterocycles. The summed E-state index contributed by atoms with van der Waals surface area (Å²) in [7, 11) is 1.65. The van der Waals surface area contributed by atoms with Gasteiger partial charge in [-0.1, -0.05) is 6.07 Å². The van der Waals surface area contributed by atoms with E-state index in [-0.39, 0.29) is 23.7 Å². The number of carbonyl (C=O) groups is 2. The van der Waals surface area contributed by atoms with Gasteiger partial charge in [0.15, 0.2) is 0 Å². The lowest BCUT2D eigenvalue weighted by molar-refractivity contribution is -0.137. The molecular formula is C21H24N2O4S. The maximum Gasteiger partial charge on any atom is 0.303 e. The molecule has 0 saturated carbocycles. The van der Waals surface area contributed by atoms with Crippen molar-refractivity contribution in [1.29, 1.82) is 0 Å². The number of nitrogens with zero attached hydrogens (tertiary/aromatic N) is 2. The first-order chi connectivity index (χ1) is 13.4. The number of benzene rings is 1. The summed E-state index contributed by atoms with van der Waals surface area (Å²) in [6, 6.07) is 6.01. The molecule has 0 bridgehead atoms. The average Bonchev–Trinajstić information content (AvgIpc) is 3.23. The molecule has 2 heterocycles. The number of hydrogen-bond donors (Lipinski definition) is 1. The first-order valence-corrected chi connectivity index (χ1v) is 10.4. The second kappa shape index (κ2) is 7.20. The lowest BCUT2D eigenvalue weighted by atomic mass is 9.73. The Hall–Kier alpha value is -2.41. The number of amides is 1. The summed E-state index contributed by atoms with van der Waals surface area (Å²) in [4.78, 5) is 31.0. The van der Waals surface area contributed by atoms with Gasteiger partial charge in [-0.05, 0) is 60.8 Å². The zero-order chi connectivity index (χ0) is 19.9. The average molecular weight is 401 g/mol. The lowest BCUT2D eigenvalue weighted by Crippen LogP contribution is -2.44. The largest absolute Gasteiger partial charge is 0.497 e. The Morgan fingerprint density at radius 3 is 2.71 bits per heavy atom. The third kappa shape index (κ3) is 3.17. The van der Waals surface area contributed by atoms with Crippen molar-refractivity contribution in [2.75, 3.05) is 20.2 Å². The van der Waals surface area contributed by atoms with E-state index >= 15 is 0 Å². The highest BCUT2D eigenvalue weighted by Gasteiger charge is 2.46. The van der Waals surface area contributed by atoms with Crippen molar-refractivity contribution in [3.63, 3.8) is 0 Å². The number of likely N-dealkylation sites (tertiary alicyclic amines) is 1. The third-order valence-corrected chi connectivity index (χ3v) is 7.19. The van der Waals surface area contributed by atoms with Crippen molar-refractivity contribution in [3.8, 4) is 5.75 Å². The number of ether oxygens (including phenoxy) is 1.